The number of sulfone groups is 1. The fourth-order valence-electron chi connectivity index (χ4n) is 3.08. The highest BCUT2D eigenvalue weighted by molar-refractivity contribution is 7.90. The number of nitrogens with zero attached hydrogens (tertiary/aromatic N) is 2. The summed E-state index contributed by atoms with van der Waals surface area (Å²) in [6.45, 7) is 3.55. The lowest BCUT2D eigenvalue weighted by atomic mass is 9.95. The van der Waals surface area contributed by atoms with Gasteiger partial charge in [-0.3, -0.25) is 10.00 Å². The molecule has 0 unspecified atom stereocenters. The maximum absolute atomic E-state index is 11.4. The van der Waals surface area contributed by atoms with Crippen molar-refractivity contribution < 1.29 is 13.2 Å². The number of rotatable bonds is 6. The van der Waals surface area contributed by atoms with Gasteiger partial charge in [0.25, 0.3) is 0 Å². The molecule has 3 rings (SSSR count). The van der Waals surface area contributed by atoms with Crippen molar-refractivity contribution >= 4 is 9.84 Å². The van der Waals surface area contributed by atoms with Gasteiger partial charge < -0.3 is 4.74 Å². The third kappa shape index (κ3) is 4.36. The summed E-state index contributed by atoms with van der Waals surface area (Å²) in [6, 6.07) is 8.63. The average molecular weight is 349 g/mol. The Balaban J connectivity index is 1.47. The predicted molar refractivity (Wildman–Crippen MR) is 92.0 cm³/mol. The lowest BCUT2D eigenvalue weighted by Gasteiger charge is -2.32. The van der Waals surface area contributed by atoms with Crippen LogP contribution in [0.15, 0.2) is 41.4 Å². The van der Waals surface area contributed by atoms with Gasteiger partial charge in [0, 0.05) is 37.2 Å². The van der Waals surface area contributed by atoms with Gasteiger partial charge in [0.2, 0.25) is 0 Å². The van der Waals surface area contributed by atoms with Gasteiger partial charge in [-0.05, 0) is 49.7 Å². The zero-order valence-electron chi connectivity index (χ0n) is 13.8. The van der Waals surface area contributed by atoms with Crippen LogP contribution in [-0.2, 0) is 9.84 Å². The Morgan fingerprint density at radius 3 is 2.75 bits per heavy atom. The van der Waals surface area contributed by atoms with Crippen LogP contribution in [0.4, 0.5) is 0 Å². The van der Waals surface area contributed by atoms with E-state index in [4.69, 9.17) is 4.74 Å². The number of piperidine rings is 1. The van der Waals surface area contributed by atoms with E-state index >= 15 is 0 Å². The van der Waals surface area contributed by atoms with Crippen LogP contribution >= 0.6 is 0 Å². The number of aromatic nitrogens is 2. The van der Waals surface area contributed by atoms with E-state index in [9.17, 15) is 8.42 Å². The van der Waals surface area contributed by atoms with Gasteiger partial charge in [-0.15, -0.1) is 0 Å². The van der Waals surface area contributed by atoms with Crippen LogP contribution in [0.5, 0.6) is 5.75 Å². The molecule has 1 N–H and O–H groups in total. The molecule has 7 heteroatoms. The molecule has 1 saturated heterocycles. The van der Waals surface area contributed by atoms with Crippen LogP contribution in [0.2, 0.25) is 0 Å². The molecule has 6 nitrogen and oxygen atoms in total. The van der Waals surface area contributed by atoms with Gasteiger partial charge in [0.1, 0.15) is 12.4 Å². The number of benzene rings is 1. The van der Waals surface area contributed by atoms with E-state index < -0.39 is 9.84 Å². The van der Waals surface area contributed by atoms with Gasteiger partial charge in [0.05, 0.1) is 4.90 Å². The topological polar surface area (TPSA) is 75.3 Å². The molecule has 0 spiro atoms. The molecule has 0 radical (unpaired) electrons. The molecule has 24 heavy (non-hydrogen) atoms. The molecule has 1 aliphatic rings. The van der Waals surface area contributed by atoms with Crippen LogP contribution in [-0.4, -0.2) is 56.0 Å². The minimum Gasteiger partial charge on any atom is -0.492 e. The molecule has 130 valence electrons. The van der Waals surface area contributed by atoms with Crippen molar-refractivity contribution in [2.45, 2.75) is 23.7 Å². The molecule has 1 aliphatic heterocycles. The number of hydrogen-bond acceptors (Lipinski definition) is 5. The van der Waals surface area contributed by atoms with Crippen molar-refractivity contribution in [1.82, 2.24) is 15.1 Å². The highest BCUT2D eigenvalue weighted by Crippen LogP contribution is 2.25. The minimum atomic E-state index is -3.16. The monoisotopic (exact) mass is 349 g/mol. The molecule has 0 bridgehead atoms. The second-order valence-corrected chi connectivity index (χ2v) is 8.26. The van der Waals surface area contributed by atoms with Crippen LogP contribution in [0.1, 0.15) is 24.5 Å². The molecule has 1 aromatic heterocycles. The second kappa shape index (κ2) is 7.36. The van der Waals surface area contributed by atoms with Crippen molar-refractivity contribution in [3.05, 3.63) is 42.2 Å². The fraction of sp³-hybridized carbons (Fsp3) is 0.471. The summed E-state index contributed by atoms with van der Waals surface area (Å²) in [6.07, 6.45) is 5.37. The van der Waals surface area contributed by atoms with Crippen LogP contribution in [0, 0.1) is 0 Å². The fourth-order valence-corrected chi connectivity index (χ4v) is 3.71. The molecule has 0 aliphatic carbocycles. The predicted octanol–water partition coefficient (Wildman–Crippen LogP) is 2.07. The summed E-state index contributed by atoms with van der Waals surface area (Å²) in [7, 11) is -3.16. The first-order valence-corrected chi connectivity index (χ1v) is 10.1. The maximum Gasteiger partial charge on any atom is 0.175 e. The number of ether oxygens (including phenoxy) is 1. The first-order chi connectivity index (χ1) is 11.5. The molecule has 0 saturated carbocycles. The molecule has 1 aromatic carbocycles. The Morgan fingerprint density at radius 1 is 1.29 bits per heavy atom. The Labute approximate surface area is 142 Å². The number of likely N-dealkylation sites (tertiary alicyclic amines) is 1. The van der Waals surface area contributed by atoms with Gasteiger partial charge >= 0.3 is 0 Å². The van der Waals surface area contributed by atoms with Gasteiger partial charge in [-0.1, -0.05) is 0 Å². The molecular weight excluding hydrogens is 326 g/mol. The van der Waals surface area contributed by atoms with Crippen molar-refractivity contribution in [3.8, 4) is 5.75 Å². The minimum absolute atomic E-state index is 0.313. The first kappa shape index (κ1) is 17.0. The summed E-state index contributed by atoms with van der Waals surface area (Å²) in [5, 5.41) is 7.11. The molecule has 2 heterocycles. The van der Waals surface area contributed by atoms with Gasteiger partial charge in [-0.25, -0.2) is 8.42 Å². The molecule has 0 amide bonds. The maximum atomic E-state index is 11.4. The Bertz CT molecular complexity index is 742. The smallest absolute Gasteiger partial charge is 0.175 e. The number of H-pyrrole nitrogens is 1. The van der Waals surface area contributed by atoms with E-state index in [1.165, 1.54) is 24.8 Å². The molecule has 1 atom stereocenters. The quantitative estimate of drug-likeness (QED) is 0.864. The van der Waals surface area contributed by atoms with Crippen LogP contribution in [0.25, 0.3) is 0 Å². The average Bonchev–Trinajstić information content (AvgIpc) is 3.09. The third-order valence-electron chi connectivity index (χ3n) is 4.40. The molecule has 2 aromatic rings. The Morgan fingerprint density at radius 2 is 2.08 bits per heavy atom. The summed E-state index contributed by atoms with van der Waals surface area (Å²) >= 11 is 0. The van der Waals surface area contributed by atoms with E-state index in [0.717, 1.165) is 19.6 Å². The summed E-state index contributed by atoms with van der Waals surface area (Å²) in [5.41, 5.74) is 1.21. The second-order valence-electron chi connectivity index (χ2n) is 6.24. The van der Waals surface area contributed by atoms with E-state index in [-0.39, 0.29) is 0 Å². The normalized spacial score (nSPS) is 19.3. The lowest BCUT2D eigenvalue weighted by molar-refractivity contribution is 0.169. The highest BCUT2D eigenvalue weighted by atomic mass is 32.2. The largest absolute Gasteiger partial charge is 0.492 e. The van der Waals surface area contributed by atoms with E-state index in [1.807, 2.05) is 6.07 Å². The highest BCUT2D eigenvalue weighted by Gasteiger charge is 2.21. The van der Waals surface area contributed by atoms with Gasteiger partial charge in [0.15, 0.2) is 9.84 Å². The van der Waals surface area contributed by atoms with Crippen molar-refractivity contribution in [3.63, 3.8) is 0 Å². The van der Waals surface area contributed by atoms with Crippen molar-refractivity contribution in [2.75, 3.05) is 32.5 Å². The van der Waals surface area contributed by atoms with E-state index in [2.05, 4.69) is 15.1 Å². The third-order valence-corrected chi connectivity index (χ3v) is 5.52. The van der Waals surface area contributed by atoms with Crippen molar-refractivity contribution in [1.29, 1.82) is 0 Å². The first-order valence-electron chi connectivity index (χ1n) is 8.17. The summed E-state index contributed by atoms with van der Waals surface area (Å²) < 4.78 is 28.6. The number of nitrogens with one attached hydrogen (secondary N) is 1. The summed E-state index contributed by atoms with van der Waals surface area (Å²) in [5.74, 6) is 1.21. The zero-order valence-corrected chi connectivity index (χ0v) is 14.6. The summed E-state index contributed by atoms with van der Waals surface area (Å²) in [4.78, 5) is 2.72. The van der Waals surface area contributed by atoms with Gasteiger partial charge in [-0.2, -0.15) is 5.10 Å². The Kier molecular flexibility index (Phi) is 5.20. The zero-order chi connectivity index (χ0) is 17.0. The van der Waals surface area contributed by atoms with Crippen LogP contribution in [0.3, 0.4) is 0 Å². The SMILES string of the molecule is CS(=O)(=O)c1ccc(OCCN2CCC[C@H](c3ccn[nH]3)C2)cc1. The number of hydrogen-bond donors (Lipinski definition) is 1. The number of aromatic amines is 1. The van der Waals surface area contributed by atoms with E-state index in [0.29, 0.717) is 23.2 Å². The lowest BCUT2D eigenvalue weighted by Crippen LogP contribution is -2.37. The van der Waals surface area contributed by atoms with Crippen LogP contribution < -0.4 is 4.74 Å². The molecule has 1 fully saturated rings. The van der Waals surface area contributed by atoms with Crippen molar-refractivity contribution in [2.24, 2.45) is 0 Å². The standard InChI is InChI=1S/C17H23N3O3S/c1-24(21,22)16-6-4-15(5-7-16)23-12-11-20-10-2-3-14(13-20)17-8-9-18-19-17/h4-9,14H,2-3,10-13H2,1H3,(H,18,19)/t14-/m0/s1. The molecular formula is C17H23N3O3S. The Hall–Kier alpha value is -1.86. The van der Waals surface area contributed by atoms with E-state index in [1.54, 1.807) is 30.5 Å².